The number of benzene rings is 1. The quantitative estimate of drug-likeness (QED) is 0.712. The van der Waals surface area contributed by atoms with Crippen LogP contribution in [0.1, 0.15) is 10.4 Å². The van der Waals surface area contributed by atoms with Crippen LogP contribution in [0.2, 0.25) is 5.02 Å². The fourth-order valence-corrected chi connectivity index (χ4v) is 0.954. The van der Waals surface area contributed by atoms with Crippen molar-refractivity contribution < 1.29 is 19.0 Å². The first-order valence-corrected chi connectivity index (χ1v) is 3.70. The van der Waals surface area contributed by atoms with E-state index in [0.29, 0.717) is 0 Å². The Morgan fingerprint density at radius 3 is 2.77 bits per heavy atom. The van der Waals surface area contributed by atoms with Gasteiger partial charge in [-0.15, -0.1) is 0 Å². The van der Waals surface area contributed by atoms with E-state index < -0.39 is 11.8 Å². The van der Waals surface area contributed by atoms with Gasteiger partial charge in [-0.25, -0.2) is 9.18 Å². The lowest BCUT2D eigenvalue weighted by molar-refractivity contribution is 0.0595. The molecule has 0 aliphatic carbocycles. The van der Waals surface area contributed by atoms with Crippen molar-refractivity contribution in [1.29, 1.82) is 0 Å². The average molecular weight is 205 g/mol. The summed E-state index contributed by atoms with van der Waals surface area (Å²) in [5, 5.41) is 8.91. The highest BCUT2D eigenvalue weighted by molar-refractivity contribution is 6.32. The maximum atomic E-state index is 13.0. The van der Waals surface area contributed by atoms with Crippen LogP contribution in [-0.4, -0.2) is 18.2 Å². The van der Waals surface area contributed by atoms with E-state index in [-0.39, 0.29) is 16.3 Å². The molecule has 1 rings (SSSR count). The number of phenolic OH excluding ortho intramolecular Hbond substituents is 1. The van der Waals surface area contributed by atoms with E-state index in [1.807, 2.05) is 0 Å². The van der Waals surface area contributed by atoms with Crippen LogP contribution in [-0.2, 0) is 4.74 Å². The van der Waals surface area contributed by atoms with E-state index in [2.05, 4.69) is 4.74 Å². The van der Waals surface area contributed by atoms with Gasteiger partial charge >= 0.3 is 5.97 Å². The monoisotopic (exact) mass is 204 g/mol. The molecule has 5 heteroatoms. The standard InChI is InChI=1S/C8H6ClFO3/c1-13-8(12)4-2-7(11)5(9)3-6(4)10/h2-3,11H,1H3. The molecule has 0 radical (unpaired) electrons. The molecule has 13 heavy (non-hydrogen) atoms. The van der Waals surface area contributed by atoms with Gasteiger partial charge in [0.25, 0.3) is 0 Å². The Hall–Kier alpha value is -1.29. The van der Waals surface area contributed by atoms with Crippen molar-refractivity contribution in [2.24, 2.45) is 0 Å². The van der Waals surface area contributed by atoms with Gasteiger partial charge in [-0.2, -0.15) is 0 Å². The number of hydrogen-bond acceptors (Lipinski definition) is 3. The van der Waals surface area contributed by atoms with Crippen molar-refractivity contribution in [3.05, 3.63) is 28.5 Å². The molecule has 0 bridgehead atoms. The number of phenols is 1. The fraction of sp³-hybridized carbons (Fsp3) is 0.125. The number of halogens is 2. The van der Waals surface area contributed by atoms with Crippen LogP contribution < -0.4 is 0 Å². The van der Waals surface area contributed by atoms with Crippen molar-refractivity contribution in [3.63, 3.8) is 0 Å². The van der Waals surface area contributed by atoms with Gasteiger partial charge in [0, 0.05) is 0 Å². The minimum atomic E-state index is -0.857. The minimum Gasteiger partial charge on any atom is -0.506 e. The summed E-state index contributed by atoms with van der Waals surface area (Å²) in [6, 6.07) is 1.77. The summed E-state index contributed by atoms with van der Waals surface area (Å²) in [6.45, 7) is 0. The zero-order chi connectivity index (χ0) is 10.0. The Kier molecular flexibility index (Phi) is 2.72. The summed E-state index contributed by atoms with van der Waals surface area (Å²) in [4.78, 5) is 10.9. The third kappa shape index (κ3) is 1.89. The van der Waals surface area contributed by atoms with Crippen LogP contribution in [0.5, 0.6) is 5.75 Å². The molecule has 0 saturated carbocycles. The van der Waals surface area contributed by atoms with Gasteiger partial charge < -0.3 is 9.84 Å². The number of carbonyl (C=O) groups excluding carboxylic acids is 1. The summed E-state index contributed by atoms with van der Waals surface area (Å²) >= 11 is 5.39. The Labute approximate surface area is 78.7 Å². The molecule has 1 aromatic rings. The number of aromatic hydroxyl groups is 1. The molecule has 1 N–H and O–H groups in total. The van der Waals surface area contributed by atoms with E-state index in [4.69, 9.17) is 16.7 Å². The van der Waals surface area contributed by atoms with Crippen LogP contribution in [0.25, 0.3) is 0 Å². The van der Waals surface area contributed by atoms with Gasteiger partial charge in [0.2, 0.25) is 0 Å². The molecule has 0 aromatic heterocycles. The second-order valence-electron chi connectivity index (χ2n) is 2.28. The predicted molar refractivity (Wildman–Crippen MR) is 44.4 cm³/mol. The van der Waals surface area contributed by atoms with Crippen molar-refractivity contribution in [2.45, 2.75) is 0 Å². The SMILES string of the molecule is COC(=O)c1cc(O)c(Cl)cc1F. The molecular formula is C8H6ClFO3. The first kappa shape index (κ1) is 9.80. The average Bonchev–Trinajstić information content (AvgIpc) is 2.10. The number of methoxy groups -OCH3 is 1. The van der Waals surface area contributed by atoms with Crippen LogP contribution in [0.15, 0.2) is 12.1 Å². The molecule has 70 valence electrons. The maximum absolute atomic E-state index is 13.0. The zero-order valence-electron chi connectivity index (χ0n) is 6.67. The van der Waals surface area contributed by atoms with Crippen molar-refractivity contribution in [1.82, 2.24) is 0 Å². The molecule has 0 spiro atoms. The van der Waals surface area contributed by atoms with Crippen molar-refractivity contribution >= 4 is 17.6 Å². The highest BCUT2D eigenvalue weighted by Gasteiger charge is 2.14. The smallest absolute Gasteiger partial charge is 0.340 e. The van der Waals surface area contributed by atoms with E-state index in [1.165, 1.54) is 0 Å². The second-order valence-corrected chi connectivity index (χ2v) is 2.68. The number of carbonyl (C=O) groups is 1. The Bertz CT molecular complexity index is 351. The largest absolute Gasteiger partial charge is 0.506 e. The van der Waals surface area contributed by atoms with E-state index >= 15 is 0 Å². The van der Waals surface area contributed by atoms with Crippen LogP contribution >= 0.6 is 11.6 Å². The lowest BCUT2D eigenvalue weighted by Crippen LogP contribution is -2.04. The Morgan fingerprint density at radius 1 is 1.62 bits per heavy atom. The van der Waals surface area contributed by atoms with Gasteiger partial charge in [-0.3, -0.25) is 0 Å². The molecular weight excluding hydrogens is 199 g/mol. The molecule has 0 fully saturated rings. The summed E-state index contributed by atoms with van der Waals surface area (Å²) < 4.78 is 17.3. The molecule has 0 unspecified atom stereocenters. The predicted octanol–water partition coefficient (Wildman–Crippen LogP) is 1.97. The van der Waals surface area contributed by atoms with E-state index in [0.717, 1.165) is 19.2 Å². The van der Waals surface area contributed by atoms with Gasteiger partial charge in [-0.05, 0) is 12.1 Å². The first-order chi connectivity index (χ1) is 6.06. The van der Waals surface area contributed by atoms with Crippen molar-refractivity contribution in [3.8, 4) is 5.75 Å². The number of ether oxygens (including phenoxy) is 1. The highest BCUT2D eigenvalue weighted by Crippen LogP contribution is 2.26. The Morgan fingerprint density at radius 2 is 2.23 bits per heavy atom. The third-order valence-electron chi connectivity index (χ3n) is 1.44. The van der Waals surface area contributed by atoms with Crippen LogP contribution in [0, 0.1) is 5.82 Å². The van der Waals surface area contributed by atoms with Crippen molar-refractivity contribution in [2.75, 3.05) is 7.11 Å². The van der Waals surface area contributed by atoms with Gasteiger partial charge in [0.15, 0.2) is 0 Å². The summed E-state index contributed by atoms with van der Waals surface area (Å²) in [7, 11) is 1.12. The lowest BCUT2D eigenvalue weighted by Gasteiger charge is -2.02. The van der Waals surface area contributed by atoms with Crippen LogP contribution in [0.3, 0.4) is 0 Å². The van der Waals surface area contributed by atoms with Gasteiger partial charge in [0.05, 0.1) is 17.7 Å². The molecule has 0 aliphatic rings. The summed E-state index contributed by atoms with van der Waals surface area (Å²) in [5.41, 5.74) is -0.343. The van der Waals surface area contributed by atoms with E-state index in [9.17, 15) is 9.18 Å². The third-order valence-corrected chi connectivity index (χ3v) is 1.74. The summed E-state index contributed by atoms with van der Waals surface area (Å²) in [6.07, 6.45) is 0. The van der Waals surface area contributed by atoms with E-state index in [1.54, 1.807) is 0 Å². The lowest BCUT2D eigenvalue weighted by atomic mass is 10.2. The molecule has 0 amide bonds. The molecule has 0 aliphatic heterocycles. The van der Waals surface area contributed by atoms with Gasteiger partial charge in [-0.1, -0.05) is 11.6 Å². The Balaban J connectivity index is 3.23. The number of hydrogen-bond donors (Lipinski definition) is 1. The number of esters is 1. The van der Waals surface area contributed by atoms with Crippen LogP contribution in [0.4, 0.5) is 4.39 Å². The molecule has 1 aromatic carbocycles. The zero-order valence-corrected chi connectivity index (χ0v) is 7.43. The molecule has 0 heterocycles. The minimum absolute atomic E-state index is 0.148. The second kappa shape index (κ2) is 3.62. The molecule has 3 nitrogen and oxygen atoms in total. The van der Waals surface area contributed by atoms with Gasteiger partial charge in [0.1, 0.15) is 11.6 Å². The topological polar surface area (TPSA) is 46.5 Å². The number of rotatable bonds is 1. The maximum Gasteiger partial charge on any atom is 0.340 e. The molecule has 0 atom stereocenters. The molecule has 0 saturated heterocycles. The summed E-state index contributed by atoms with van der Waals surface area (Å²) in [5.74, 6) is -2.04. The fourth-order valence-electron chi connectivity index (χ4n) is 0.804. The highest BCUT2D eigenvalue weighted by atomic mass is 35.5. The normalized spacial score (nSPS) is 9.77. The first-order valence-electron chi connectivity index (χ1n) is 3.32.